The topological polar surface area (TPSA) is 41.6 Å². The van der Waals surface area contributed by atoms with Crippen LogP contribution in [0, 0.1) is 0 Å². The number of fused-ring (bicyclic) bond motifs is 2. The van der Waals surface area contributed by atoms with Crippen molar-refractivity contribution in [1.82, 2.24) is 0 Å². The van der Waals surface area contributed by atoms with Gasteiger partial charge in [-0.2, -0.15) is 17.6 Å². The number of amides is 2. The van der Waals surface area contributed by atoms with Gasteiger partial charge in [-0.1, -0.05) is 18.2 Å². The number of urea groups is 1. The van der Waals surface area contributed by atoms with Gasteiger partial charge in [-0.3, -0.25) is 4.90 Å². The lowest BCUT2D eigenvalue weighted by Gasteiger charge is -2.18. The first-order valence-electron chi connectivity index (χ1n) is 7.55. The average Bonchev–Trinajstić information content (AvgIpc) is 3.06. The number of nitrogens with zero attached hydrogens (tertiary/aromatic N) is 1. The molecule has 8 heteroatoms. The van der Waals surface area contributed by atoms with Gasteiger partial charge < -0.3 is 10.1 Å². The zero-order valence-electron chi connectivity index (χ0n) is 12.7. The minimum atomic E-state index is -4.61. The van der Waals surface area contributed by atoms with Crippen molar-refractivity contribution in [1.29, 1.82) is 0 Å². The Labute approximate surface area is 140 Å². The quantitative estimate of drug-likeness (QED) is 0.775. The van der Waals surface area contributed by atoms with Crippen molar-refractivity contribution in [3.63, 3.8) is 0 Å². The van der Waals surface area contributed by atoms with E-state index >= 15 is 0 Å². The zero-order valence-corrected chi connectivity index (χ0v) is 12.7. The summed E-state index contributed by atoms with van der Waals surface area (Å²) in [4.78, 5) is 13.9. The molecule has 0 radical (unpaired) electrons. The second-order valence-corrected chi connectivity index (χ2v) is 5.86. The van der Waals surface area contributed by atoms with E-state index in [1.165, 1.54) is 11.0 Å². The summed E-state index contributed by atoms with van der Waals surface area (Å²) in [6.45, 7) is 0.452. The van der Waals surface area contributed by atoms with Crippen molar-refractivity contribution in [3.05, 3.63) is 53.6 Å². The highest BCUT2D eigenvalue weighted by atomic mass is 19.3. The van der Waals surface area contributed by atoms with Crippen molar-refractivity contribution in [3.8, 4) is 5.75 Å². The fraction of sp³-hybridized carbons (Fsp3) is 0.235. The SMILES string of the molecule is O=C(Nc1ccc2c(c1)C(F)(F)C(F)(F)O2)N1CCc2ccccc21. The number of ether oxygens (including phenoxy) is 1. The largest absolute Gasteiger partial charge is 0.469 e. The molecule has 0 atom stereocenters. The Bertz CT molecular complexity index is 869. The first kappa shape index (κ1) is 15.7. The summed E-state index contributed by atoms with van der Waals surface area (Å²) in [5, 5.41) is 2.47. The van der Waals surface area contributed by atoms with Gasteiger partial charge in [-0.05, 0) is 36.2 Å². The number of hydrogen-bond donors (Lipinski definition) is 1. The van der Waals surface area contributed by atoms with Crippen molar-refractivity contribution in [2.75, 3.05) is 16.8 Å². The molecule has 0 unspecified atom stereocenters. The van der Waals surface area contributed by atoms with E-state index in [1.807, 2.05) is 12.1 Å². The molecule has 2 aliphatic heterocycles. The van der Waals surface area contributed by atoms with E-state index < -0.39 is 29.4 Å². The summed E-state index contributed by atoms with van der Waals surface area (Å²) < 4.78 is 58.0. The predicted octanol–water partition coefficient (Wildman–Crippen LogP) is 4.36. The molecule has 2 aliphatic rings. The Morgan fingerprint density at radius 1 is 1.12 bits per heavy atom. The maximum absolute atomic E-state index is 13.7. The van der Waals surface area contributed by atoms with Crippen LogP contribution < -0.4 is 15.0 Å². The molecule has 2 aromatic rings. The van der Waals surface area contributed by atoms with Crippen molar-refractivity contribution < 1.29 is 27.1 Å². The Morgan fingerprint density at radius 3 is 2.68 bits per heavy atom. The molecular formula is C17H12F4N2O2. The third-order valence-corrected chi connectivity index (χ3v) is 4.31. The molecule has 0 fully saturated rings. The third-order valence-electron chi connectivity index (χ3n) is 4.31. The van der Waals surface area contributed by atoms with E-state index in [2.05, 4.69) is 10.1 Å². The van der Waals surface area contributed by atoms with Crippen molar-refractivity contribution >= 4 is 17.4 Å². The number of alkyl halides is 4. The van der Waals surface area contributed by atoms with Crippen LogP contribution in [0.4, 0.5) is 33.7 Å². The lowest BCUT2D eigenvalue weighted by atomic mass is 10.1. The second-order valence-electron chi connectivity index (χ2n) is 5.86. The van der Waals surface area contributed by atoms with Crippen LogP contribution in [-0.2, 0) is 12.3 Å². The highest BCUT2D eigenvalue weighted by Gasteiger charge is 2.66. The maximum atomic E-state index is 13.7. The van der Waals surface area contributed by atoms with Gasteiger partial charge in [0.2, 0.25) is 0 Å². The summed E-state index contributed by atoms with van der Waals surface area (Å²) in [5.41, 5.74) is 0.791. The molecule has 2 aromatic carbocycles. The Kier molecular flexibility index (Phi) is 3.22. The summed E-state index contributed by atoms with van der Waals surface area (Å²) in [7, 11) is 0. The molecule has 0 spiro atoms. The van der Waals surface area contributed by atoms with Crippen LogP contribution in [0.25, 0.3) is 0 Å². The van der Waals surface area contributed by atoms with Gasteiger partial charge in [0.25, 0.3) is 0 Å². The normalized spacial score (nSPS) is 19.1. The molecular weight excluding hydrogens is 340 g/mol. The number of benzene rings is 2. The summed E-state index contributed by atoms with van der Waals surface area (Å²) in [6, 6.07) is 9.89. The summed E-state index contributed by atoms with van der Waals surface area (Å²) in [6.07, 6.45) is -3.92. The fourth-order valence-corrected chi connectivity index (χ4v) is 3.04. The first-order valence-corrected chi connectivity index (χ1v) is 7.55. The van der Waals surface area contributed by atoms with Crippen LogP contribution in [0.1, 0.15) is 11.1 Å². The number of hydrogen-bond acceptors (Lipinski definition) is 2. The monoisotopic (exact) mass is 352 g/mol. The smallest absolute Gasteiger partial charge is 0.427 e. The molecule has 0 saturated heterocycles. The van der Waals surface area contributed by atoms with E-state index in [1.54, 1.807) is 12.1 Å². The Morgan fingerprint density at radius 2 is 1.88 bits per heavy atom. The lowest BCUT2D eigenvalue weighted by Crippen LogP contribution is -2.37. The van der Waals surface area contributed by atoms with Crippen LogP contribution in [0.5, 0.6) is 5.75 Å². The molecule has 2 heterocycles. The number of carbonyl (C=O) groups is 1. The number of anilines is 2. The Hall–Kier alpha value is -2.77. The molecule has 0 bridgehead atoms. The minimum absolute atomic E-state index is 0.00546. The number of halogens is 4. The average molecular weight is 352 g/mol. The van der Waals surface area contributed by atoms with Gasteiger partial charge in [0.15, 0.2) is 0 Å². The standard InChI is InChI=1S/C17H12F4N2O2/c18-16(19)12-9-11(5-6-14(12)25-17(16,20)21)22-15(24)23-8-7-10-3-1-2-4-13(10)23/h1-6,9H,7-8H2,(H,22,24). The zero-order chi connectivity index (χ0) is 17.8. The minimum Gasteiger partial charge on any atom is -0.427 e. The lowest BCUT2D eigenvalue weighted by molar-refractivity contribution is -0.296. The van der Waals surface area contributed by atoms with Gasteiger partial charge in [0, 0.05) is 17.9 Å². The highest BCUT2D eigenvalue weighted by molar-refractivity contribution is 6.03. The molecule has 4 nitrogen and oxygen atoms in total. The van der Waals surface area contributed by atoms with Gasteiger partial charge in [-0.15, -0.1) is 0 Å². The maximum Gasteiger partial charge on any atom is 0.469 e. The Balaban J connectivity index is 1.59. The van der Waals surface area contributed by atoms with Crippen LogP contribution in [0.2, 0.25) is 0 Å². The summed E-state index contributed by atoms with van der Waals surface area (Å²) in [5.74, 6) is -5.05. The number of nitrogens with one attached hydrogen (secondary N) is 1. The fourth-order valence-electron chi connectivity index (χ4n) is 3.04. The highest BCUT2D eigenvalue weighted by Crippen LogP contribution is 2.53. The summed E-state index contributed by atoms with van der Waals surface area (Å²) >= 11 is 0. The molecule has 130 valence electrons. The number of rotatable bonds is 1. The van der Waals surface area contributed by atoms with Gasteiger partial charge >= 0.3 is 18.1 Å². The van der Waals surface area contributed by atoms with E-state index in [4.69, 9.17) is 0 Å². The van der Waals surface area contributed by atoms with E-state index in [0.29, 0.717) is 13.0 Å². The van der Waals surface area contributed by atoms with Crippen LogP contribution in [-0.4, -0.2) is 18.7 Å². The van der Waals surface area contributed by atoms with Gasteiger partial charge in [0.1, 0.15) is 5.75 Å². The van der Waals surface area contributed by atoms with E-state index in [9.17, 15) is 22.4 Å². The molecule has 2 amide bonds. The van der Waals surface area contributed by atoms with Crippen LogP contribution >= 0.6 is 0 Å². The molecule has 0 saturated carbocycles. The second kappa shape index (κ2) is 5.11. The molecule has 4 rings (SSSR count). The molecule has 0 aliphatic carbocycles. The van der Waals surface area contributed by atoms with Gasteiger partial charge in [-0.25, -0.2) is 4.79 Å². The number of para-hydroxylation sites is 1. The van der Waals surface area contributed by atoms with Crippen molar-refractivity contribution in [2.24, 2.45) is 0 Å². The van der Waals surface area contributed by atoms with Crippen LogP contribution in [0.3, 0.4) is 0 Å². The molecule has 0 aromatic heterocycles. The predicted molar refractivity (Wildman–Crippen MR) is 82.4 cm³/mol. The van der Waals surface area contributed by atoms with Crippen molar-refractivity contribution in [2.45, 2.75) is 18.5 Å². The van der Waals surface area contributed by atoms with E-state index in [-0.39, 0.29) is 5.69 Å². The molecule has 1 N–H and O–H groups in total. The molecule has 25 heavy (non-hydrogen) atoms. The number of carbonyl (C=O) groups excluding carboxylic acids is 1. The first-order chi connectivity index (χ1) is 11.8. The van der Waals surface area contributed by atoms with Gasteiger partial charge in [0.05, 0.1) is 5.56 Å². The van der Waals surface area contributed by atoms with E-state index in [0.717, 1.165) is 23.4 Å². The third kappa shape index (κ3) is 2.32. The van der Waals surface area contributed by atoms with Crippen LogP contribution in [0.15, 0.2) is 42.5 Å².